The number of halogens is 1. The molecular weight excluding hydrogens is 280 g/mol. The highest BCUT2D eigenvalue weighted by Gasteiger charge is 2.06. The van der Waals surface area contributed by atoms with Crippen LogP contribution in [0.3, 0.4) is 0 Å². The summed E-state index contributed by atoms with van der Waals surface area (Å²) in [6.07, 6.45) is 2.81. The Bertz CT molecular complexity index is 476. The Hall–Kier alpha value is -1.39. The summed E-state index contributed by atoms with van der Waals surface area (Å²) in [4.78, 5) is 3.98. The molecule has 0 amide bonds. The number of nitrogens with one attached hydrogen (secondary N) is 1. The van der Waals surface area contributed by atoms with Gasteiger partial charge in [-0.3, -0.25) is 4.98 Å². The fourth-order valence-electron chi connectivity index (χ4n) is 1.50. The Balaban J connectivity index is 1.95. The Labute approximate surface area is 109 Å². The monoisotopic (exact) mass is 292 g/mol. The molecule has 1 aromatic carbocycles. The van der Waals surface area contributed by atoms with Crippen molar-refractivity contribution in [2.45, 2.75) is 6.10 Å². The molecule has 17 heavy (non-hydrogen) atoms. The van der Waals surface area contributed by atoms with Gasteiger partial charge in [0, 0.05) is 34.7 Å². The number of aromatic nitrogens is 1. The van der Waals surface area contributed by atoms with Crippen molar-refractivity contribution in [2.24, 2.45) is 0 Å². The summed E-state index contributed by atoms with van der Waals surface area (Å²) >= 11 is 3.40. The standard InChI is InChI=1S/C13H13BrN2O/c14-11-4-1-5-12(7-11)16-9-13(17)10-3-2-6-15-8-10/h1-8,13,16-17H,9H2. The van der Waals surface area contributed by atoms with Crippen molar-refractivity contribution < 1.29 is 5.11 Å². The molecule has 0 saturated carbocycles. The number of rotatable bonds is 4. The van der Waals surface area contributed by atoms with E-state index in [1.165, 1.54) is 0 Å². The van der Waals surface area contributed by atoms with Gasteiger partial charge in [-0.25, -0.2) is 0 Å². The quantitative estimate of drug-likeness (QED) is 0.911. The van der Waals surface area contributed by atoms with Crippen LogP contribution in [0, 0.1) is 0 Å². The number of hydrogen-bond donors (Lipinski definition) is 2. The van der Waals surface area contributed by atoms with Crippen LogP contribution < -0.4 is 5.32 Å². The molecule has 0 aliphatic carbocycles. The zero-order chi connectivity index (χ0) is 12.1. The number of hydrogen-bond acceptors (Lipinski definition) is 3. The molecule has 1 unspecified atom stereocenters. The van der Waals surface area contributed by atoms with E-state index in [0.717, 1.165) is 15.7 Å². The number of benzene rings is 1. The van der Waals surface area contributed by atoms with E-state index < -0.39 is 6.10 Å². The Morgan fingerprint density at radius 2 is 2.18 bits per heavy atom. The third-order valence-electron chi connectivity index (χ3n) is 2.39. The van der Waals surface area contributed by atoms with Crippen LogP contribution in [-0.4, -0.2) is 16.6 Å². The maximum Gasteiger partial charge on any atom is 0.0977 e. The van der Waals surface area contributed by atoms with Gasteiger partial charge in [-0.1, -0.05) is 28.1 Å². The minimum absolute atomic E-state index is 0.460. The summed E-state index contributed by atoms with van der Waals surface area (Å²) in [5.41, 5.74) is 1.79. The van der Waals surface area contributed by atoms with Crippen LogP contribution in [0.4, 0.5) is 5.69 Å². The first kappa shape index (κ1) is 12.1. The van der Waals surface area contributed by atoms with Crippen molar-refractivity contribution in [3.8, 4) is 0 Å². The fourth-order valence-corrected chi connectivity index (χ4v) is 1.90. The smallest absolute Gasteiger partial charge is 0.0977 e. The molecule has 2 N–H and O–H groups in total. The summed E-state index contributed by atoms with van der Waals surface area (Å²) in [6, 6.07) is 11.5. The zero-order valence-corrected chi connectivity index (χ0v) is 10.8. The second kappa shape index (κ2) is 5.80. The van der Waals surface area contributed by atoms with E-state index in [1.807, 2.05) is 36.4 Å². The first-order valence-corrected chi connectivity index (χ1v) is 6.12. The summed E-state index contributed by atoms with van der Waals surface area (Å²) in [5.74, 6) is 0. The van der Waals surface area contributed by atoms with Crippen molar-refractivity contribution in [3.05, 3.63) is 58.8 Å². The molecule has 2 rings (SSSR count). The van der Waals surface area contributed by atoms with E-state index in [0.29, 0.717) is 6.54 Å². The highest BCUT2D eigenvalue weighted by atomic mass is 79.9. The number of pyridine rings is 1. The maximum absolute atomic E-state index is 9.94. The van der Waals surface area contributed by atoms with Crippen LogP contribution in [0.5, 0.6) is 0 Å². The maximum atomic E-state index is 9.94. The molecule has 0 aliphatic heterocycles. The van der Waals surface area contributed by atoms with Crippen LogP contribution in [-0.2, 0) is 0 Å². The molecule has 0 bridgehead atoms. The molecule has 0 fully saturated rings. The Kier molecular flexibility index (Phi) is 4.12. The number of anilines is 1. The van der Waals surface area contributed by atoms with Gasteiger partial charge in [-0.05, 0) is 24.3 Å². The molecule has 3 nitrogen and oxygen atoms in total. The molecule has 1 heterocycles. The minimum Gasteiger partial charge on any atom is -0.387 e. The molecule has 0 saturated heterocycles. The van der Waals surface area contributed by atoms with Gasteiger partial charge in [0.15, 0.2) is 0 Å². The van der Waals surface area contributed by atoms with Crippen LogP contribution in [0.1, 0.15) is 11.7 Å². The van der Waals surface area contributed by atoms with Crippen molar-refractivity contribution in [1.82, 2.24) is 4.98 Å². The summed E-state index contributed by atoms with van der Waals surface area (Å²) < 4.78 is 1.01. The molecule has 88 valence electrons. The zero-order valence-electron chi connectivity index (χ0n) is 9.18. The van der Waals surface area contributed by atoms with Crippen LogP contribution in [0.2, 0.25) is 0 Å². The van der Waals surface area contributed by atoms with Crippen molar-refractivity contribution in [2.75, 3.05) is 11.9 Å². The number of aliphatic hydroxyl groups excluding tert-OH is 1. The van der Waals surface area contributed by atoms with E-state index in [2.05, 4.69) is 26.2 Å². The van der Waals surface area contributed by atoms with Crippen LogP contribution >= 0.6 is 15.9 Å². The van der Waals surface area contributed by atoms with Crippen molar-refractivity contribution >= 4 is 21.6 Å². The largest absolute Gasteiger partial charge is 0.387 e. The summed E-state index contributed by atoms with van der Waals surface area (Å²) in [5, 5.41) is 13.1. The van der Waals surface area contributed by atoms with Gasteiger partial charge in [-0.15, -0.1) is 0 Å². The van der Waals surface area contributed by atoms with E-state index in [1.54, 1.807) is 12.4 Å². The predicted octanol–water partition coefficient (Wildman–Crippen LogP) is 2.99. The molecular formula is C13H13BrN2O. The molecule has 1 atom stereocenters. The molecule has 0 aliphatic rings. The molecule has 1 aromatic heterocycles. The van der Waals surface area contributed by atoms with Gasteiger partial charge in [0.2, 0.25) is 0 Å². The van der Waals surface area contributed by atoms with Crippen molar-refractivity contribution in [3.63, 3.8) is 0 Å². The normalized spacial score (nSPS) is 12.1. The molecule has 0 radical (unpaired) electrons. The van der Waals surface area contributed by atoms with E-state index in [4.69, 9.17) is 0 Å². The Morgan fingerprint density at radius 1 is 1.29 bits per heavy atom. The summed E-state index contributed by atoms with van der Waals surface area (Å²) in [6.45, 7) is 0.460. The van der Waals surface area contributed by atoms with E-state index in [9.17, 15) is 5.11 Å². The van der Waals surface area contributed by atoms with Crippen LogP contribution in [0.15, 0.2) is 53.3 Å². The third-order valence-corrected chi connectivity index (χ3v) is 2.89. The van der Waals surface area contributed by atoms with Gasteiger partial charge in [0.1, 0.15) is 0 Å². The molecule has 2 aromatic rings. The lowest BCUT2D eigenvalue weighted by atomic mass is 10.1. The number of nitrogens with zero attached hydrogens (tertiary/aromatic N) is 1. The number of aliphatic hydroxyl groups is 1. The van der Waals surface area contributed by atoms with E-state index >= 15 is 0 Å². The van der Waals surface area contributed by atoms with Gasteiger partial charge in [-0.2, -0.15) is 0 Å². The second-order valence-corrected chi connectivity index (χ2v) is 4.61. The molecule has 0 spiro atoms. The summed E-state index contributed by atoms with van der Waals surface area (Å²) in [7, 11) is 0. The molecule has 4 heteroatoms. The lowest BCUT2D eigenvalue weighted by molar-refractivity contribution is 0.191. The minimum atomic E-state index is -0.553. The van der Waals surface area contributed by atoms with Crippen molar-refractivity contribution in [1.29, 1.82) is 0 Å². The Morgan fingerprint density at radius 3 is 2.88 bits per heavy atom. The highest BCUT2D eigenvalue weighted by Crippen LogP contribution is 2.17. The first-order chi connectivity index (χ1) is 8.25. The lowest BCUT2D eigenvalue weighted by Crippen LogP contribution is -2.12. The van der Waals surface area contributed by atoms with E-state index in [-0.39, 0.29) is 0 Å². The second-order valence-electron chi connectivity index (χ2n) is 3.69. The topological polar surface area (TPSA) is 45.1 Å². The SMILES string of the molecule is OC(CNc1cccc(Br)c1)c1cccnc1. The lowest BCUT2D eigenvalue weighted by Gasteiger charge is -2.12. The van der Waals surface area contributed by atoms with Gasteiger partial charge in [0.05, 0.1) is 6.10 Å². The van der Waals surface area contributed by atoms with Gasteiger partial charge >= 0.3 is 0 Å². The average Bonchev–Trinajstić information content (AvgIpc) is 2.37. The fraction of sp³-hybridized carbons (Fsp3) is 0.154. The van der Waals surface area contributed by atoms with Gasteiger partial charge < -0.3 is 10.4 Å². The van der Waals surface area contributed by atoms with Gasteiger partial charge in [0.25, 0.3) is 0 Å². The third kappa shape index (κ3) is 3.54. The first-order valence-electron chi connectivity index (χ1n) is 5.33. The van der Waals surface area contributed by atoms with Crippen LogP contribution in [0.25, 0.3) is 0 Å². The highest BCUT2D eigenvalue weighted by molar-refractivity contribution is 9.10. The predicted molar refractivity (Wildman–Crippen MR) is 71.8 cm³/mol. The average molecular weight is 293 g/mol.